The van der Waals surface area contributed by atoms with Gasteiger partial charge in [0.2, 0.25) is 10.0 Å². The summed E-state index contributed by atoms with van der Waals surface area (Å²) < 4.78 is 27.3. The third-order valence-corrected chi connectivity index (χ3v) is 7.26. The molecule has 1 heterocycles. The Labute approximate surface area is 171 Å². The van der Waals surface area contributed by atoms with Crippen LogP contribution in [0.1, 0.15) is 30.1 Å². The van der Waals surface area contributed by atoms with Gasteiger partial charge in [-0.2, -0.15) is 4.31 Å². The Hall–Kier alpha value is -2.70. The number of hydrogen-bond donors (Lipinski definition) is 1. The van der Waals surface area contributed by atoms with Crippen LogP contribution in [0.3, 0.4) is 0 Å². The zero-order valence-corrected chi connectivity index (χ0v) is 17.2. The quantitative estimate of drug-likeness (QED) is 0.691. The van der Waals surface area contributed by atoms with Gasteiger partial charge in [-0.25, -0.2) is 8.42 Å². The molecule has 150 valence electrons. The summed E-state index contributed by atoms with van der Waals surface area (Å²) in [6.45, 7) is 3.17. The summed E-state index contributed by atoms with van der Waals surface area (Å²) in [7, 11) is -3.52. The van der Waals surface area contributed by atoms with E-state index in [1.54, 1.807) is 16.4 Å². The van der Waals surface area contributed by atoms with E-state index in [1.807, 2.05) is 42.5 Å². The molecule has 4 rings (SSSR count). The standard InChI is InChI=1S/C23H24N2O3S/c1-17-5-4-14-25(16-17)29(27,28)22-12-9-19(10-13-22)23(26)24-21-11-8-18-6-2-3-7-20(18)15-21/h2-3,6-13,15,17H,4-5,14,16H2,1H3,(H,24,26). The van der Waals surface area contributed by atoms with Crippen LogP contribution < -0.4 is 5.32 Å². The summed E-state index contributed by atoms with van der Waals surface area (Å²) in [5, 5.41) is 5.03. The minimum absolute atomic E-state index is 0.230. The van der Waals surface area contributed by atoms with Crippen LogP contribution in [0.4, 0.5) is 5.69 Å². The highest BCUT2D eigenvalue weighted by molar-refractivity contribution is 7.89. The summed E-state index contributed by atoms with van der Waals surface area (Å²) in [6, 6.07) is 19.8. The topological polar surface area (TPSA) is 66.5 Å². The van der Waals surface area contributed by atoms with Gasteiger partial charge in [-0.15, -0.1) is 0 Å². The second-order valence-corrected chi connectivity index (χ2v) is 9.59. The van der Waals surface area contributed by atoms with Crippen molar-refractivity contribution in [2.75, 3.05) is 18.4 Å². The molecule has 1 saturated heterocycles. The Morgan fingerprint density at radius 3 is 2.45 bits per heavy atom. The first-order valence-electron chi connectivity index (χ1n) is 9.84. The van der Waals surface area contributed by atoms with Crippen molar-refractivity contribution in [3.63, 3.8) is 0 Å². The van der Waals surface area contributed by atoms with Crippen molar-refractivity contribution >= 4 is 32.4 Å². The molecule has 1 unspecified atom stereocenters. The number of hydrogen-bond acceptors (Lipinski definition) is 3. The van der Waals surface area contributed by atoms with Crippen LogP contribution in [-0.4, -0.2) is 31.7 Å². The molecule has 3 aromatic carbocycles. The molecule has 1 N–H and O–H groups in total. The minimum Gasteiger partial charge on any atom is -0.322 e. The number of carbonyl (C=O) groups is 1. The Balaban J connectivity index is 1.50. The average molecular weight is 409 g/mol. The van der Waals surface area contributed by atoms with E-state index in [9.17, 15) is 13.2 Å². The fourth-order valence-electron chi connectivity index (χ4n) is 3.76. The molecule has 1 aliphatic rings. The van der Waals surface area contributed by atoms with Crippen LogP contribution in [-0.2, 0) is 10.0 Å². The van der Waals surface area contributed by atoms with Gasteiger partial charge in [0.1, 0.15) is 0 Å². The van der Waals surface area contributed by atoms with Crippen molar-refractivity contribution < 1.29 is 13.2 Å². The molecule has 5 nitrogen and oxygen atoms in total. The minimum atomic E-state index is -3.52. The molecule has 6 heteroatoms. The van der Waals surface area contributed by atoms with Gasteiger partial charge in [0, 0.05) is 24.3 Å². The fraction of sp³-hybridized carbons (Fsp3) is 0.261. The first-order valence-corrected chi connectivity index (χ1v) is 11.3. The summed E-state index contributed by atoms with van der Waals surface area (Å²) in [5.74, 6) is 0.0985. The lowest BCUT2D eigenvalue weighted by Crippen LogP contribution is -2.39. The maximum Gasteiger partial charge on any atom is 0.255 e. The Bertz CT molecular complexity index is 1140. The first kappa shape index (κ1) is 19.6. The highest BCUT2D eigenvalue weighted by Gasteiger charge is 2.28. The number of nitrogens with zero attached hydrogens (tertiary/aromatic N) is 1. The number of carbonyl (C=O) groups excluding carboxylic acids is 1. The van der Waals surface area contributed by atoms with Crippen molar-refractivity contribution in [3.8, 4) is 0 Å². The van der Waals surface area contributed by atoms with E-state index >= 15 is 0 Å². The van der Waals surface area contributed by atoms with Gasteiger partial charge < -0.3 is 5.32 Å². The Kier molecular flexibility index (Phi) is 5.39. The van der Waals surface area contributed by atoms with Crippen LogP contribution in [0.15, 0.2) is 71.6 Å². The zero-order valence-electron chi connectivity index (χ0n) is 16.3. The number of anilines is 1. The third kappa shape index (κ3) is 4.18. The van der Waals surface area contributed by atoms with Gasteiger partial charge in [-0.05, 0) is 65.9 Å². The lowest BCUT2D eigenvalue weighted by atomic mass is 10.0. The SMILES string of the molecule is CC1CCCN(S(=O)(=O)c2ccc(C(=O)Nc3ccc4ccccc4c3)cc2)C1. The maximum atomic E-state index is 12.9. The number of sulfonamides is 1. The van der Waals surface area contributed by atoms with Crippen LogP contribution in [0.5, 0.6) is 0 Å². The molecule has 0 aliphatic carbocycles. The second kappa shape index (κ2) is 7.97. The smallest absolute Gasteiger partial charge is 0.255 e. The zero-order chi connectivity index (χ0) is 20.4. The third-order valence-electron chi connectivity index (χ3n) is 5.38. The highest BCUT2D eigenvalue weighted by atomic mass is 32.2. The molecular formula is C23H24N2O3S. The molecule has 0 radical (unpaired) electrons. The van der Waals surface area contributed by atoms with Gasteiger partial charge in [-0.3, -0.25) is 4.79 Å². The van der Waals surface area contributed by atoms with Gasteiger partial charge in [0.05, 0.1) is 4.90 Å². The molecule has 1 aliphatic heterocycles. The van der Waals surface area contributed by atoms with Gasteiger partial charge in [0.15, 0.2) is 0 Å². The van der Waals surface area contributed by atoms with E-state index in [1.165, 1.54) is 12.1 Å². The lowest BCUT2D eigenvalue weighted by Gasteiger charge is -2.30. The van der Waals surface area contributed by atoms with E-state index in [-0.39, 0.29) is 10.8 Å². The summed E-state index contributed by atoms with van der Waals surface area (Å²) >= 11 is 0. The Morgan fingerprint density at radius 1 is 1.00 bits per heavy atom. The van der Waals surface area contributed by atoms with Crippen molar-refractivity contribution in [1.82, 2.24) is 4.31 Å². The van der Waals surface area contributed by atoms with Crippen molar-refractivity contribution in [3.05, 3.63) is 72.3 Å². The monoisotopic (exact) mass is 408 g/mol. The van der Waals surface area contributed by atoms with Gasteiger partial charge >= 0.3 is 0 Å². The second-order valence-electron chi connectivity index (χ2n) is 7.65. The van der Waals surface area contributed by atoms with Gasteiger partial charge in [0.25, 0.3) is 5.91 Å². The highest BCUT2D eigenvalue weighted by Crippen LogP contribution is 2.24. The number of amides is 1. The van der Waals surface area contributed by atoms with E-state index in [0.29, 0.717) is 30.3 Å². The summed E-state index contributed by atoms with van der Waals surface area (Å²) in [6.07, 6.45) is 1.94. The van der Waals surface area contributed by atoms with Gasteiger partial charge in [-0.1, -0.05) is 37.3 Å². The molecule has 0 aromatic heterocycles. The number of rotatable bonds is 4. The summed E-state index contributed by atoms with van der Waals surface area (Å²) in [5.41, 5.74) is 1.12. The van der Waals surface area contributed by atoms with Crippen molar-refractivity contribution in [2.45, 2.75) is 24.7 Å². The molecule has 0 spiro atoms. The number of benzene rings is 3. The first-order chi connectivity index (χ1) is 13.9. The van der Waals surface area contributed by atoms with Crippen LogP contribution in [0.25, 0.3) is 10.8 Å². The number of piperidine rings is 1. The van der Waals surface area contributed by atoms with E-state index in [0.717, 1.165) is 23.6 Å². The molecule has 3 aromatic rings. The molecule has 1 fully saturated rings. The molecule has 29 heavy (non-hydrogen) atoms. The van der Waals surface area contributed by atoms with Crippen molar-refractivity contribution in [1.29, 1.82) is 0 Å². The number of fused-ring (bicyclic) bond motifs is 1. The van der Waals surface area contributed by atoms with Crippen molar-refractivity contribution in [2.24, 2.45) is 5.92 Å². The summed E-state index contributed by atoms with van der Waals surface area (Å²) in [4.78, 5) is 12.8. The van der Waals surface area contributed by atoms with E-state index in [2.05, 4.69) is 12.2 Å². The normalized spacial score (nSPS) is 17.9. The van der Waals surface area contributed by atoms with Crippen LogP contribution >= 0.6 is 0 Å². The molecular weight excluding hydrogens is 384 g/mol. The predicted octanol–water partition coefficient (Wildman–Crippen LogP) is 4.51. The van der Waals surface area contributed by atoms with Crippen LogP contribution in [0.2, 0.25) is 0 Å². The van der Waals surface area contributed by atoms with E-state index < -0.39 is 10.0 Å². The average Bonchev–Trinajstić information content (AvgIpc) is 2.74. The molecule has 1 amide bonds. The largest absolute Gasteiger partial charge is 0.322 e. The van der Waals surface area contributed by atoms with Crippen LogP contribution in [0, 0.1) is 5.92 Å². The molecule has 0 bridgehead atoms. The Morgan fingerprint density at radius 2 is 1.72 bits per heavy atom. The number of nitrogens with one attached hydrogen (secondary N) is 1. The maximum absolute atomic E-state index is 12.9. The predicted molar refractivity (Wildman–Crippen MR) is 116 cm³/mol. The molecule has 1 atom stereocenters. The fourth-order valence-corrected chi connectivity index (χ4v) is 5.36. The lowest BCUT2D eigenvalue weighted by molar-refractivity contribution is 0.102. The molecule has 0 saturated carbocycles. The van der Waals surface area contributed by atoms with E-state index in [4.69, 9.17) is 0 Å².